The summed E-state index contributed by atoms with van der Waals surface area (Å²) in [5.74, 6) is 1.53. The molecule has 1 aliphatic heterocycles. The second-order valence-corrected chi connectivity index (χ2v) is 9.79. The Bertz CT molecular complexity index is 911. The molecule has 2 aliphatic carbocycles. The van der Waals surface area contributed by atoms with Gasteiger partial charge < -0.3 is 10.1 Å². The van der Waals surface area contributed by atoms with Crippen LogP contribution in [-0.2, 0) is 16.8 Å². The SMILES string of the molecule is COc1ccc(CN2CCC3(CC2)C[C@H](CC(=O)NC2CCC2)c2ccccc23)cc1. The zero-order valence-electron chi connectivity index (χ0n) is 18.6. The third kappa shape index (κ3) is 4.23. The van der Waals surface area contributed by atoms with Gasteiger partial charge in [0.25, 0.3) is 0 Å². The molecule has 1 atom stereocenters. The largest absolute Gasteiger partial charge is 0.497 e. The summed E-state index contributed by atoms with van der Waals surface area (Å²) in [4.78, 5) is 15.2. The third-order valence-corrected chi connectivity index (χ3v) is 7.89. The standard InChI is InChI=1S/C27H34N2O2/c1-31-23-11-9-20(10-12-23)19-29-15-13-27(14-16-29)18-21(24-7-2-3-8-25(24)27)17-26(30)28-22-5-4-6-22/h2-3,7-12,21-22H,4-6,13-19H2,1H3,(H,28,30)/t21-/m0/s1. The van der Waals surface area contributed by atoms with E-state index in [-0.39, 0.29) is 11.3 Å². The monoisotopic (exact) mass is 418 g/mol. The first-order chi connectivity index (χ1) is 15.1. The lowest BCUT2D eigenvalue weighted by Crippen LogP contribution is -2.41. The molecule has 0 aromatic heterocycles. The molecule has 4 heteroatoms. The Balaban J connectivity index is 1.24. The van der Waals surface area contributed by atoms with Crippen LogP contribution >= 0.6 is 0 Å². The molecule has 0 bridgehead atoms. The van der Waals surface area contributed by atoms with E-state index < -0.39 is 0 Å². The molecule has 2 aromatic carbocycles. The highest BCUT2D eigenvalue weighted by Gasteiger charge is 2.45. The molecule has 2 aromatic rings. The molecule has 31 heavy (non-hydrogen) atoms. The van der Waals surface area contributed by atoms with E-state index in [2.05, 4.69) is 46.6 Å². The fourth-order valence-corrected chi connectivity index (χ4v) is 5.87. The summed E-state index contributed by atoms with van der Waals surface area (Å²) in [7, 11) is 1.71. The minimum Gasteiger partial charge on any atom is -0.497 e. The van der Waals surface area contributed by atoms with Crippen molar-refractivity contribution in [2.45, 2.75) is 68.9 Å². The van der Waals surface area contributed by atoms with Gasteiger partial charge in [-0.15, -0.1) is 0 Å². The van der Waals surface area contributed by atoms with Gasteiger partial charge in [0, 0.05) is 19.0 Å². The van der Waals surface area contributed by atoms with Gasteiger partial charge in [-0.1, -0.05) is 36.4 Å². The zero-order valence-corrected chi connectivity index (χ0v) is 18.6. The molecular weight excluding hydrogens is 384 g/mol. The van der Waals surface area contributed by atoms with Gasteiger partial charge >= 0.3 is 0 Å². The van der Waals surface area contributed by atoms with E-state index in [4.69, 9.17) is 4.74 Å². The van der Waals surface area contributed by atoms with Crippen LogP contribution in [0.5, 0.6) is 5.75 Å². The number of methoxy groups -OCH3 is 1. The van der Waals surface area contributed by atoms with Gasteiger partial charge in [-0.3, -0.25) is 9.69 Å². The van der Waals surface area contributed by atoms with Gasteiger partial charge in [-0.25, -0.2) is 0 Å². The van der Waals surface area contributed by atoms with Crippen LogP contribution in [0.3, 0.4) is 0 Å². The highest BCUT2D eigenvalue weighted by atomic mass is 16.5. The van der Waals surface area contributed by atoms with E-state index in [1.807, 2.05) is 12.1 Å². The molecule has 0 unspecified atom stereocenters. The maximum atomic E-state index is 12.7. The lowest BCUT2D eigenvalue weighted by molar-refractivity contribution is -0.122. The first-order valence-electron chi connectivity index (χ1n) is 11.9. The second kappa shape index (κ2) is 8.66. The lowest BCUT2D eigenvalue weighted by atomic mass is 9.73. The van der Waals surface area contributed by atoms with Gasteiger partial charge in [0.15, 0.2) is 0 Å². The van der Waals surface area contributed by atoms with Crippen molar-refractivity contribution in [1.29, 1.82) is 0 Å². The normalized spacial score (nSPS) is 22.7. The number of rotatable bonds is 6. The number of nitrogens with one attached hydrogen (secondary N) is 1. The average Bonchev–Trinajstić information content (AvgIpc) is 3.06. The predicted molar refractivity (Wildman–Crippen MR) is 123 cm³/mol. The minimum absolute atomic E-state index is 0.244. The van der Waals surface area contributed by atoms with Crippen LogP contribution in [0.2, 0.25) is 0 Å². The predicted octanol–water partition coefficient (Wildman–Crippen LogP) is 4.78. The quantitative estimate of drug-likeness (QED) is 0.734. The highest BCUT2D eigenvalue weighted by molar-refractivity contribution is 5.77. The van der Waals surface area contributed by atoms with Crippen molar-refractivity contribution in [3.05, 3.63) is 65.2 Å². The molecule has 5 rings (SSSR count). The Hall–Kier alpha value is -2.33. The van der Waals surface area contributed by atoms with Gasteiger partial charge in [0.2, 0.25) is 5.91 Å². The van der Waals surface area contributed by atoms with E-state index in [0.29, 0.717) is 18.4 Å². The molecule has 1 amide bonds. The summed E-state index contributed by atoms with van der Waals surface area (Å²) < 4.78 is 5.28. The first kappa shape index (κ1) is 20.6. The number of amides is 1. The molecule has 2 fully saturated rings. The molecule has 1 N–H and O–H groups in total. The van der Waals surface area contributed by atoms with Crippen LogP contribution in [0.15, 0.2) is 48.5 Å². The maximum absolute atomic E-state index is 12.7. The number of carbonyl (C=O) groups is 1. The van der Waals surface area contributed by atoms with Crippen LogP contribution in [0.1, 0.15) is 67.6 Å². The number of hydrogen-bond donors (Lipinski definition) is 1. The molecule has 1 heterocycles. The molecule has 4 nitrogen and oxygen atoms in total. The smallest absolute Gasteiger partial charge is 0.220 e. The average molecular weight is 419 g/mol. The lowest BCUT2D eigenvalue weighted by Gasteiger charge is -2.40. The van der Waals surface area contributed by atoms with Crippen LogP contribution in [0.4, 0.5) is 0 Å². The highest BCUT2D eigenvalue weighted by Crippen LogP contribution is 2.52. The Morgan fingerprint density at radius 3 is 2.52 bits per heavy atom. The Morgan fingerprint density at radius 1 is 1.10 bits per heavy atom. The number of hydrogen-bond acceptors (Lipinski definition) is 3. The van der Waals surface area contributed by atoms with E-state index in [0.717, 1.165) is 44.6 Å². The first-order valence-corrected chi connectivity index (χ1v) is 11.9. The molecular formula is C27H34N2O2. The van der Waals surface area contributed by atoms with Crippen LogP contribution in [0.25, 0.3) is 0 Å². The van der Waals surface area contributed by atoms with E-state index in [9.17, 15) is 4.79 Å². The fourth-order valence-electron chi connectivity index (χ4n) is 5.87. The molecule has 1 spiro atoms. The number of fused-ring (bicyclic) bond motifs is 2. The Kier molecular flexibility index (Phi) is 5.75. The third-order valence-electron chi connectivity index (χ3n) is 7.89. The summed E-state index contributed by atoms with van der Waals surface area (Å²) in [5.41, 5.74) is 4.53. The summed E-state index contributed by atoms with van der Waals surface area (Å²) in [5, 5.41) is 3.25. The molecule has 0 radical (unpaired) electrons. The number of likely N-dealkylation sites (tertiary alicyclic amines) is 1. The molecule has 1 saturated carbocycles. The summed E-state index contributed by atoms with van der Waals surface area (Å²) in [6.45, 7) is 3.22. The van der Waals surface area contributed by atoms with Crippen molar-refractivity contribution in [2.75, 3.05) is 20.2 Å². The van der Waals surface area contributed by atoms with Crippen molar-refractivity contribution in [2.24, 2.45) is 0 Å². The van der Waals surface area contributed by atoms with E-state index in [1.54, 1.807) is 7.11 Å². The zero-order chi connectivity index (χ0) is 21.3. The van der Waals surface area contributed by atoms with E-state index in [1.165, 1.54) is 36.0 Å². The van der Waals surface area contributed by atoms with Crippen LogP contribution in [0, 0.1) is 0 Å². The molecule has 1 saturated heterocycles. The topological polar surface area (TPSA) is 41.6 Å². The number of ether oxygens (including phenoxy) is 1. The van der Waals surface area contributed by atoms with Crippen molar-refractivity contribution < 1.29 is 9.53 Å². The van der Waals surface area contributed by atoms with E-state index >= 15 is 0 Å². The summed E-state index contributed by atoms with van der Waals surface area (Å²) in [6.07, 6.45) is 7.70. The summed E-state index contributed by atoms with van der Waals surface area (Å²) >= 11 is 0. The van der Waals surface area contributed by atoms with Gasteiger partial charge in [-0.05, 0) is 91.8 Å². The van der Waals surface area contributed by atoms with Gasteiger partial charge in [0.05, 0.1) is 7.11 Å². The molecule has 3 aliphatic rings. The Morgan fingerprint density at radius 2 is 1.84 bits per heavy atom. The van der Waals surface area contributed by atoms with Crippen LogP contribution in [-0.4, -0.2) is 37.0 Å². The van der Waals surface area contributed by atoms with Crippen molar-refractivity contribution >= 4 is 5.91 Å². The van der Waals surface area contributed by atoms with Gasteiger partial charge in [-0.2, -0.15) is 0 Å². The van der Waals surface area contributed by atoms with Crippen molar-refractivity contribution in [3.8, 4) is 5.75 Å². The number of carbonyl (C=O) groups excluding carboxylic acids is 1. The van der Waals surface area contributed by atoms with Crippen molar-refractivity contribution in [1.82, 2.24) is 10.2 Å². The maximum Gasteiger partial charge on any atom is 0.220 e. The van der Waals surface area contributed by atoms with Crippen molar-refractivity contribution in [3.63, 3.8) is 0 Å². The minimum atomic E-state index is 0.244. The molecule has 164 valence electrons. The number of benzene rings is 2. The number of piperidine rings is 1. The fraction of sp³-hybridized carbons (Fsp3) is 0.519. The summed E-state index contributed by atoms with van der Waals surface area (Å²) in [6, 6.07) is 17.8. The van der Waals surface area contributed by atoms with Gasteiger partial charge in [0.1, 0.15) is 5.75 Å². The second-order valence-electron chi connectivity index (χ2n) is 9.79. The number of nitrogens with zero attached hydrogens (tertiary/aromatic N) is 1. The van der Waals surface area contributed by atoms with Crippen LogP contribution < -0.4 is 10.1 Å². The Labute approximate surface area is 186 Å².